The number of aliphatic imine (C=N–C) groups is 5. The molecule has 3 amide bonds. The van der Waals surface area contributed by atoms with Crippen LogP contribution in [-0.4, -0.2) is 200 Å². The maximum absolute atomic E-state index is 13.0. The van der Waals surface area contributed by atoms with Gasteiger partial charge >= 0.3 is 28.9 Å². The molecule has 16 rings (SSSR count). The molecule has 5 radical (unpaired) electrons. The van der Waals surface area contributed by atoms with Gasteiger partial charge in [-0.05, 0) is 132 Å². The number of hydrogen-bond donors (Lipinski definition) is 5. The average molecular weight is 2800 g/mol. The Morgan fingerprint density at radius 3 is 0.887 bits per heavy atom. The van der Waals surface area contributed by atoms with Crippen molar-refractivity contribution in [3.8, 4) is 22.6 Å². The Labute approximate surface area is 892 Å². The van der Waals surface area contributed by atoms with E-state index in [4.69, 9.17) is 69.0 Å². The summed E-state index contributed by atoms with van der Waals surface area (Å²) < 4.78 is 23.4. The number of methoxy groups -OCH3 is 2. The van der Waals surface area contributed by atoms with Gasteiger partial charge in [-0.1, -0.05) is 121 Å². The standard InChI is InChI=1S/C21H16NO.C17H15N2O2.C16H12FN2O.C16H13N2O.C16H15N2.5C5H8O2.5Ir/c1-23-17-12-10-15(11-13-17)21-20-9-5-4-8-19(20)18-7-3-2-6-16(18)14-22-21;1-19-15-6-4-3-5-14(15)17(18-11-16(19)20)12-7-9-13(21-2)10-8-12;1-19-14-5-3-2-4-13(14)16(18-10-15(19)20)11-6-8-12(17)9-7-11;1-18-14-10-6-5-9-13(14)16(17-11-15(18)19)12-7-3-2-4-8-12;1-18-12-11-17-16(13-7-3-2-4-8-13)14-9-5-6-10-15(14)18;5*1-4(6)3-5(2)7;;;;;/h2-10,12-13H,14H2,1H3;3-7,9-10H,11H2,1-2H3;2-6,8-9H,10H2,1H3;2-7,9-10H,11H2,1H3;2-7,9-10H,11-12H2,1H3;5*3,6H,1-2H3;;;;;/q5*-1;;;;;;;;;;/p+5. The zero-order valence-corrected chi connectivity index (χ0v) is 92.9. The van der Waals surface area contributed by atoms with Crippen molar-refractivity contribution < 1.29 is 178 Å². The fourth-order valence-electron chi connectivity index (χ4n) is 13.6. The van der Waals surface area contributed by atoms with Crippen LogP contribution in [0.2, 0.25) is 0 Å². The number of aliphatic hydroxyl groups is 5. The molecule has 5 aliphatic heterocycles. The van der Waals surface area contributed by atoms with Crippen molar-refractivity contribution in [3.63, 3.8) is 0 Å². The molecular weight excluding hydrogens is 2680 g/mol. The van der Waals surface area contributed by atoms with Crippen molar-refractivity contribution in [1.82, 2.24) is 0 Å². The molecule has 747 valence electrons. The fraction of sp³-hybridized carbons (Fsp3) is 0.198. The van der Waals surface area contributed by atoms with Crippen molar-refractivity contribution in [1.29, 1.82) is 0 Å². The molecule has 5 aliphatic rings. The summed E-state index contributed by atoms with van der Waals surface area (Å²) in [5, 5.41) is 42.0. The Bertz CT molecular complexity index is 6160. The third-order valence-corrected chi connectivity index (χ3v) is 19.6. The van der Waals surface area contributed by atoms with E-state index >= 15 is 0 Å². The molecule has 10 N–H and O–H groups in total. The monoisotopic (exact) mass is 2800 g/mol. The molecule has 0 saturated carbocycles. The van der Waals surface area contributed by atoms with Gasteiger partial charge in [-0.25, -0.2) is 0 Å². The van der Waals surface area contributed by atoms with E-state index in [1.54, 1.807) is 62.2 Å². The Morgan fingerprint density at radius 2 is 0.589 bits per heavy atom. The maximum Gasteiger partial charge on any atom is 0.316 e. The smallest absolute Gasteiger partial charge is 0.316 e. The molecule has 11 aromatic carbocycles. The Morgan fingerprint density at radius 1 is 0.319 bits per heavy atom. The average Bonchev–Trinajstić information content (AvgIpc) is 1.71. The van der Waals surface area contributed by atoms with Crippen molar-refractivity contribution in [2.24, 2.45) is 25.0 Å². The molecular formula is C111H116FIr5N9O15. The van der Waals surface area contributed by atoms with E-state index in [-0.39, 0.29) is 201 Å². The number of benzene rings is 11. The first-order valence-electron chi connectivity index (χ1n) is 43.0. The summed E-state index contributed by atoms with van der Waals surface area (Å²) in [6.07, 6.45) is 6.39. The number of carbonyl (C=O) groups is 3. The molecule has 5 heterocycles. The third kappa shape index (κ3) is 40.5. The van der Waals surface area contributed by atoms with E-state index in [0.717, 1.165) is 109 Å². The molecule has 30 heteroatoms. The third-order valence-electron chi connectivity index (χ3n) is 19.6. The summed E-state index contributed by atoms with van der Waals surface area (Å²) >= 11 is 0. The first kappa shape index (κ1) is 124. The molecule has 0 spiro atoms. The topological polar surface area (TPSA) is 353 Å². The van der Waals surface area contributed by atoms with Crippen LogP contribution in [0.3, 0.4) is 0 Å². The van der Waals surface area contributed by atoms with Crippen LogP contribution in [-0.2, 0) is 121 Å². The van der Waals surface area contributed by atoms with Gasteiger partial charge in [0.1, 0.15) is 19.6 Å². The number of fused-ring (bicyclic) bond motifs is 7. The number of aliphatic hydroxyl groups excluding tert-OH is 5. The minimum atomic E-state index is -0.343. The SMILES string of the molecule is CC(=[OH+])C=C(C)O.CC(=[OH+])C=C(C)O.CC(=[OH+])C=C(C)O.CC(=[OH+])C=C(C)O.CC(=[OH+])C=C(C)O.CN1C(=O)CN=C(c2[c-]cc(F)cc2)c2ccccc21.CN1C(=O)CN=C(c2[c-]cccc2)c2ccccc21.CN1CCN=C(c2[c-]cccc2)c2ccccc21.COc1c[c-]c(C2=NCC(=O)N(C)c3ccccc32)cc1.COc1c[c-]c(C2=NCc3ccccc3-c3ccccc32)cc1.[Ir].[Ir].[Ir].[Ir].[Ir]. The molecule has 24 nitrogen and oxygen atoms in total. The van der Waals surface area contributed by atoms with Gasteiger partial charge in [0.05, 0.1) is 115 Å². The molecule has 0 atom stereocenters. The van der Waals surface area contributed by atoms with Gasteiger partial charge in [0.25, 0.3) is 0 Å². The Hall–Kier alpha value is -13.2. The van der Waals surface area contributed by atoms with E-state index in [0.29, 0.717) is 17.8 Å². The van der Waals surface area contributed by atoms with E-state index in [9.17, 15) is 18.8 Å². The van der Waals surface area contributed by atoms with Crippen LogP contribution >= 0.6 is 0 Å². The summed E-state index contributed by atoms with van der Waals surface area (Å²) in [5.41, 5.74) is 21.5. The maximum atomic E-state index is 13.0. The van der Waals surface area contributed by atoms with Gasteiger partial charge in [0, 0.05) is 182 Å². The van der Waals surface area contributed by atoms with Crippen molar-refractivity contribution in [3.05, 3.63) is 405 Å². The van der Waals surface area contributed by atoms with Crippen LogP contribution in [0.5, 0.6) is 11.5 Å². The van der Waals surface area contributed by atoms with Gasteiger partial charge in [-0.3, -0.25) is 42.7 Å². The van der Waals surface area contributed by atoms with E-state index < -0.39 is 0 Å². The molecule has 0 bridgehead atoms. The normalized spacial score (nSPS) is 13.0. The number of rotatable bonds is 12. The van der Waals surface area contributed by atoms with Crippen LogP contribution in [0.15, 0.2) is 333 Å². The summed E-state index contributed by atoms with van der Waals surface area (Å²) in [6.45, 7) is 17.8. The Balaban J connectivity index is 0.000000545. The molecule has 11 aromatic rings. The second-order valence-electron chi connectivity index (χ2n) is 30.8. The zero-order chi connectivity index (χ0) is 99.5. The minimum Gasteiger partial charge on any atom is -0.540 e. The molecule has 0 fully saturated rings. The van der Waals surface area contributed by atoms with Crippen molar-refractivity contribution in [2.45, 2.75) is 75.8 Å². The number of hydrogen-bond acceptors (Lipinski definition) is 16. The minimum absolute atomic E-state index is 0. The van der Waals surface area contributed by atoms with Crippen molar-refractivity contribution in [2.75, 3.05) is 94.7 Å². The number of ether oxygens (including phenoxy) is 2. The summed E-state index contributed by atoms with van der Waals surface area (Å²) in [7, 11) is 10.7. The molecule has 0 unspecified atom stereocenters. The number of halogens is 1. The number of benzodiazepines with no additional fused rings is 4. The number of ketones is 5. The zero-order valence-electron chi connectivity index (χ0n) is 80.9. The van der Waals surface area contributed by atoms with Crippen LogP contribution in [0.1, 0.15) is 130 Å². The molecule has 0 aromatic heterocycles. The van der Waals surface area contributed by atoms with Crippen LogP contribution in [0.4, 0.5) is 27.1 Å². The van der Waals surface area contributed by atoms with E-state index in [1.165, 1.54) is 140 Å². The first-order valence-corrected chi connectivity index (χ1v) is 43.0. The number of amides is 3. The molecule has 0 aliphatic carbocycles. The molecule has 0 saturated heterocycles. The number of para-hydroxylation sites is 4. The quantitative estimate of drug-likeness (QED) is 0.0331. The van der Waals surface area contributed by atoms with E-state index in [2.05, 4.69) is 136 Å². The first-order chi connectivity index (χ1) is 65.0. The number of allylic oxidation sites excluding steroid dienone is 10. The van der Waals surface area contributed by atoms with E-state index in [1.807, 2.05) is 146 Å². The predicted octanol–water partition coefficient (Wildman–Crippen LogP) is 19.4. The number of carbonyl (C=O) groups excluding carboxylic acids is 8. The summed E-state index contributed by atoms with van der Waals surface area (Å²) in [5.74, 6) is 2.36. The van der Waals surface area contributed by atoms with Crippen LogP contribution in [0.25, 0.3) is 11.1 Å². The van der Waals surface area contributed by atoms with Gasteiger partial charge < -0.3 is 79.6 Å². The predicted molar refractivity (Wildman–Crippen MR) is 547 cm³/mol. The van der Waals surface area contributed by atoms with Crippen LogP contribution in [0, 0.1) is 36.1 Å². The molecule has 141 heavy (non-hydrogen) atoms. The number of nitrogens with zero attached hydrogens (tertiary/aromatic N) is 9. The van der Waals surface area contributed by atoms with Gasteiger partial charge in [-0.2, -0.15) is 0 Å². The number of likely N-dealkylation sites (N-methyl/N-ethyl adjacent to an activating group) is 4. The van der Waals surface area contributed by atoms with Gasteiger partial charge in [-0.15, -0.1) is 161 Å². The summed E-state index contributed by atoms with van der Waals surface area (Å²) in [6, 6.07) is 95.6. The second kappa shape index (κ2) is 64.2. The van der Waals surface area contributed by atoms with Gasteiger partial charge in [0.15, 0.2) is 0 Å². The van der Waals surface area contributed by atoms with Crippen molar-refractivity contribution >= 4 is 97.9 Å². The second-order valence-corrected chi connectivity index (χ2v) is 30.8. The van der Waals surface area contributed by atoms with Gasteiger partial charge in [0.2, 0.25) is 17.7 Å². The summed E-state index contributed by atoms with van der Waals surface area (Å²) in [4.78, 5) is 108. The fourth-order valence-corrected chi connectivity index (χ4v) is 13.6. The van der Waals surface area contributed by atoms with Crippen LogP contribution < -0.4 is 29.1 Å². The Kier molecular flexibility index (Phi) is 56.4. The number of anilines is 4. The largest absolute Gasteiger partial charge is 0.540 e.